The van der Waals surface area contributed by atoms with Crippen molar-refractivity contribution in [2.75, 3.05) is 6.61 Å². The third kappa shape index (κ3) is 3.62. The van der Waals surface area contributed by atoms with E-state index in [9.17, 15) is 9.59 Å². The second-order valence-corrected chi connectivity index (χ2v) is 5.75. The molecule has 0 aliphatic rings. The lowest BCUT2D eigenvalue weighted by atomic mass is 10.1. The van der Waals surface area contributed by atoms with Crippen LogP contribution in [0.5, 0.6) is 0 Å². The monoisotopic (exact) mass is 373 g/mol. The predicted octanol–water partition coefficient (Wildman–Crippen LogP) is 2.62. The van der Waals surface area contributed by atoms with E-state index in [1.165, 1.54) is 4.68 Å². The van der Waals surface area contributed by atoms with Crippen molar-refractivity contribution in [1.29, 1.82) is 0 Å². The summed E-state index contributed by atoms with van der Waals surface area (Å²) in [5, 5.41) is 7.86. The van der Waals surface area contributed by atoms with Crippen LogP contribution < -0.4 is 0 Å². The molecule has 1 aromatic heterocycles. The summed E-state index contributed by atoms with van der Waals surface area (Å²) in [6, 6.07) is 14.2. The maximum Gasteiger partial charge on any atom is 0.328 e. The highest BCUT2D eigenvalue weighted by Gasteiger charge is 2.13. The minimum absolute atomic E-state index is 0.0910. The Bertz CT molecular complexity index is 876. The number of fused-ring (bicyclic) bond motifs is 1. The molecular weight excluding hydrogens is 362 g/mol. The van der Waals surface area contributed by atoms with Crippen LogP contribution in [0.4, 0.5) is 0 Å². The molecule has 0 aliphatic carbocycles. The van der Waals surface area contributed by atoms with Crippen LogP contribution in [0.25, 0.3) is 11.0 Å². The van der Waals surface area contributed by atoms with Crippen molar-refractivity contribution in [1.82, 2.24) is 15.0 Å². The maximum atomic E-state index is 12.0. The smallest absolute Gasteiger partial charge is 0.328 e. The number of rotatable bonds is 5. The topological polar surface area (TPSA) is 74.1 Å². The third-order valence-corrected chi connectivity index (χ3v) is 3.70. The zero-order valence-electron chi connectivity index (χ0n) is 12.0. The maximum absolute atomic E-state index is 12.0. The van der Waals surface area contributed by atoms with Crippen molar-refractivity contribution < 1.29 is 14.3 Å². The first-order chi connectivity index (χ1) is 11.1. The molecule has 0 fully saturated rings. The SMILES string of the molecule is O=C(Cn1nnc2ccccc21)OCC(=O)c1cccc(Br)c1. The van der Waals surface area contributed by atoms with Gasteiger partial charge in [-0.25, -0.2) is 4.68 Å². The highest BCUT2D eigenvalue weighted by Crippen LogP contribution is 2.12. The van der Waals surface area contributed by atoms with Gasteiger partial charge in [-0.15, -0.1) is 5.10 Å². The molecule has 6 nitrogen and oxygen atoms in total. The van der Waals surface area contributed by atoms with Crippen LogP contribution in [-0.2, 0) is 16.1 Å². The van der Waals surface area contributed by atoms with Crippen molar-refractivity contribution in [3.8, 4) is 0 Å². The van der Waals surface area contributed by atoms with Gasteiger partial charge < -0.3 is 4.74 Å². The number of ether oxygens (including phenoxy) is 1. The van der Waals surface area contributed by atoms with E-state index in [-0.39, 0.29) is 18.9 Å². The summed E-state index contributed by atoms with van der Waals surface area (Å²) in [7, 11) is 0. The molecule has 0 N–H and O–H groups in total. The molecule has 0 radical (unpaired) electrons. The molecule has 0 atom stereocenters. The Kier molecular flexibility index (Phi) is 4.47. The van der Waals surface area contributed by atoms with Gasteiger partial charge in [-0.1, -0.05) is 45.4 Å². The molecule has 0 spiro atoms. The van der Waals surface area contributed by atoms with Crippen LogP contribution in [-0.4, -0.2) is 33.4 Å². The largest absolute Gasteiger partial charge is 0.456 e. The Balaban J connectivity index is 1.60. The lowest BCUT2D eigenvalue weighted by Gasteiger charge is -2.05. The number of benzene rings is 2. The van der Waals surface area contributed by atoms with Crippen LogP contribution in [0.2, 0.25) is 0 Å². The van der Waals surface area contributed by atoms with Gasteiger partial charge in [0.1, 0.15) is 12.1 Å². The summed E-state index contributed by atoms with van der Waals surface area (Å²) < 4.78 is 7.27. The van der Waals surface area contributed by atoms with E-state index in [0.717, 1.165) is 9.99 Å². The normalized spacial score (nSPS) is 10.7. The highest BCUT2D eigenvalue weighted by molar-refractivity contribution is 9.10. The molecule has 23 heavy (non-hydrogen) atoms. The molecule has 1 heterocycles. The first kappa shape index (κ1) is 15.4. The fourth-order valence-electron chi connectivity index (χ4n) is 2.09. The Labute approximate surface area is 140 Å². The number of ketones is 1. The number of Topliss-reactive ketones (excluding diaryl/α,β-unsaturated/α-hetero) is 1. The summed E-state index contributed by atoms with van der Waals surface area (Å²) >= 11 is 3.29. The van der Waals surface area contributed by atoms with Gasteiger partial charge in [0, 0.05) is 10.0 Å². The minimum atomic E-state index is -0.538. The molecule has 7 heteroatoms. The molecular formula is C16H12BrN3O3. The molecule has 0 amide bonds. The van der Waals surface area contributed by atoms with Gasteiger partial charge in [0.2, 0.25) is 0 Å². The zero-order chi connectivity index (χ0) is 16.2. The van der Waals surface area contributed by atoms with Crippen molar-refractivity contribution in [2.24, 2.45) is 0 Å². The number of esters is 1. The number of aromatic nitrogens is 3. The van der Waals surface area contributed by atoms with Crippen molar-refractivity contribution >= 4 is 38.7 Å². The number of hydrogen-bond donors (Lipinski definition) is 0. The van der Waals surface area contributed by atoms with Gasteiger partial charge in [0.15, 0.2) is 12.4 Å². The number of nitrogens with zero attached hydrogens (tertiary/aromatic N) is 3. The standard InChI is InChI=1S/C16H12BrN3O3/c17-12-5-3-4-11(8-12)15(21)10-23-16(22)9-20-14-7-2-1-6-13(14)18-19-20/h1-8H,9-10H2. The van der Waals surface area contributed by atoms with E-state index >= 15 is 0 Å². The van der Waals surface area contributed by atoms with Crippen LogP contribution in [0.1, 0.15) is 10.4 Å². The zero-order valence-corrected chi connectivity index (χ0v) is 13.6. The predicted molar refractivity (Wildman–Crippen MR) is 87.0 cm³/mol. The van der Waals surface area contributed by atoms with Crippen LogP contribution in [0, 0.1) is 0 Å². The van der Waals surface area contributed by atoms with Crippen molar-refractivity contribution in [3.63, 3.8) is 0 Å². The van der Waals surface area contributed by atoms with Gasteiger partial charge in [0.05, 0.1) is 5.52 Å². The minimum Gasteiger partial charge on any atom is -0.456 e. The summed E-state index contributed by atoms with van der Waals surface area (Å²) in [5.41, 5.74) is 1.92. The highest BCUT2D eigenvalue weighted by atomic mass is 79.9. The molecule has 0 saturated heterocycles. The van der Waals surface area contributed by atoms with E-state index < -0.39 is 5.97 Å². The van der Waals surface area contributed by atoms with Crippen molar-refractivity contribution in [3.05, 3.63) is 58.6 Å². The fraction of sp³-hybridized carbons (Fsp3) is 0.125. The van der Waals surface area contributed by atoms with E-state index in [2.05, 4.69) is 26.2 Å². The lowest BCUT2D eigenvalue weighted by molar-refractivity contribution is -0.143. The Morgan fingerprint density at radius 1 is 1.13 bits per heavy atom. The average Bonchev–Trinajstić information content (AvgIpc) is 2.96. The lowest BCUT2D eigenvalue weighted by Crippen LogP contribution is -2.19. The third-order valence-electron chi connectivity index (χ3n) is 3.21. The summed E-state index contributed by atoms with van der Waals surface area (Å²) in [4.78, 5) is 23.9. The summed E-state index contributed by atoms with van der Waals surface area (Å²) in [6.07, 6.45) is 0. The van der Waals surface area contributed by atoms with E-state index in [0.29, 0.717) is 11.1 Å². The van der Waals surface area contributed by atoms with E-state index in [1.54, 1.807) is 24.3 Å². The van der Waals surface area contributed by atoms with Gasteiger partial charge in [-0.3, -0.25) is 9.59 Å². The molecule has 0 saturated carbocycles. The quantitative estimate of drug-likeness (QED) is 0.507. The summed E-state index contributed by atoms with van der Waals surface area (Å²) in [6.45, 7) is -0.395. The van der Waals surface area contributed by atoms with Crippen LogP contribution >= 0.6 is 15.9 Å². The Hall–Kier alpha value is -2.54. The number of carbonyl (C=O) groups is 2. The molecule has 0 unspecified atom stereocenters. The molecule has 3 aromatic rings. The van der Waals surface area contributed by atoms with Gasteiger partial charge >= 0.3 is 5.97 Å². The summed E-state index contributed by atoms with van der Waals surface area (Å²) in [5.74, 6) is -0.799. The fourth-order valence-corrected chi connectivity index (χ4v) is 2.49. The van der Waals surface area contributed by atoms with Gasteiger partial charge in [0.25, 0.3) is 0 Å². The first-order valence-corrected chi connectivity index (χ1v) is 7.65. The Morgan fingerprint density at radius 3 is 2.78 bits per heavy atom. The van der Waals surface area contributed by atoms with Crippen LogP contribution in [0.15, 0.2) is 53.0 Å². The molecule has 0 aliphatic heterocycles. The molecule has 0 bridgehead atoms. The molecule has 2 aromatic carbocycles. The average molecular weight is 374 g/mol. The molecule has 116 valence electrons. The van der Waals surface area contributed by atoms with Crippen molar-refractivity contribution in [2.45, 2.75) is 6.54 Å². The van der Waals surface area contributed by atoms with Crippen LogP contribution in [0.3, 0.4) is 0 Å². The second-order valence-electron chi connectivity index (χ2n) is 4.83. The number of para-hydroxylation sites is 1. The van der Waals surface area contributed by atoms with E-state index in [4.69, 9.17) is 4.74 Å². The second kappa shape index (κ2) is 6.70. The van der Waals surface area contributed by atoms with Gasteiger partial charge in [-0.2, -0.15) is 0 Å². The number of hydrogen-bond acceptors (Lipinski definition) is 5. The molecule has 3 rings (SSSR count). The Morgan fingerprint density at radius 2 is 1.96 bits per heavy atom. The number of carbonyl (C=O) groups excluding carboxylic acids is 2. The first-order valence-electron chi connectivity index (χ1n) is 6.86. The van der Waals surface area contributed by atoms with Gasteiger partial charge in [-0.05, 0) is 24.3 Å². The van der Waals surface area contributed by atoms with E-state index in [1.807, 2.05) is 24.3 Å². The number of halogens is 1.